The van der Waals surface area contributed by atoms with Crippen molar-refractivity contribution in [3.63, 3.8) is 0 Å². The number of amides is 1. The van der Waals surface area contributed by atoms with E-state index in [2.05, 4.69) is 12.2 Å². The molecule has 1 aromatic rings. The number of likely N-dealkylation sites (tertiary alicyclic amines) is 1. The zero-order valence-corrected chi connectivity index (χ0v) is 12.7. The lowest BCUT2D eigenvalue weighted by molar-refractivity contribution is 0.0743. The average molecular weight is 296 g/mol. The minimum Gasteiger partial charge on any atom is -0.380 e. The van der Waals surface area contributed by atoms with E-state index in [1.807, 2.05) is 13.8 Å². The monoisotopic (exact) mass is 296 g/mol. The molecular formula is C16H22F2N2O. The van der Waals surface area contributed by atoms with Crippen LogP contribution in [0.1, 0.15) is 44.0 Å². The quantitative estimate of drug-likeness (QED) is 0.919. The number of nitrogens with one attached hydrogen (secondary N) is 1. The molecule has 0 aliphatic carbocycles. The number of halogens is 2. The summed E-state index contributed by atoms with van der Waals surface area (Å²) in [5.41, 5.74) is -0.0794. The summed E-state index contributed by atoms with van der Waals surface area (Å²) >= 11 is 0. The maximum atomic E-state index is 14.0. The van der Waals surface area contributed by atoms with Crippen LogP contribution in [0.4, 0.5) is 14.5 Å². The van der Waals surface area contributed by atoms with Crippen LogP contribution in [0.25, 0.3) is 0 Å². The van der Waals surface area contributed by atoms with Crippen LogP contribution in [0, 0.1) is 17.6 Å². The number of nitrogens with zero attached hydrogens (tertiary/aromatic N) is 1. The van der Waals surface area contributed by atoms with Crippen LogP contribution in [0.2, 0.25) is 0 Å². The summed E-state index contributed by atoms with van der Waals surface area (Å²) in [6, 6.07) is 2.36. The number of hydrogen-bond donors (Lipinski definition) is 1. The molecule has 1 aromatic carbocycles. The molecule has 2 unspecified atom stereocenters. The summed E-state index contributed by atoms with van der Waals surface area (Å²) < 4.78 is 28.0. The number of carbonyl (C=O) groups excluding carboxylic acids is 1. The van der Waals surface area contributed by atoms with Gasteiger partial charge in [-0.2, -0.15) is 0 Å². The first-order valence-corrected chi connectivity index (χ1v) is 7.47. The van der Waals surface area contributed by atoms with Crippen LogP contribution in [-0.4, -0.2) is 29.9 Å². The molecule has 1 heterocycles. The number of rotatable bonds is 4. The van der Waals surface area contributed by atoms with Crippen molar-refractivity contribution >= 4 is 11.6 Å². The first-order chi connectivity index (χ1) is 9.93. The van der Waals surface area contributed by atoms with Gasteiger partial charge in [0.05, 0.1) is 0 Å². The highest BCUT2D eigenvalue weighted by Gasteiger charge is 2.31. The molecule has 1 fully saturated rings. The predicted molar refractivity (Wildman–Crippen MR) is 79.4 cm³/mol. The lowest BCUT2D eigenvalue weighted by Gasteiger charge is -2.22. The van der Waals surface area contributed by atoms with Crippen molar-refractivity contribution in [2.24, 2.45) is 5.92 Å². The van der Waals surface area contributed by atoms with Crippen molar-refractivity contribution in [1.82, 2.24) is 4.90 Å². The third-order valence-corrected chi connectivity index (χ3v) is 3.89. The summed E-state index contributed by atoms with van der Waals surface area (Å²) in [6.45, 7) is 7.07. The van der Waals surface area contributed by atoms with Gasteiger partial charge in [0.25, 0.3) is 5.91 Å². The molecule has 116 valence electrons. The summed E-state index contributed by atoms with van der Waals surface area (Å²) in [6.07, 6.45) is 1.69. The molecule has 0 bridgehead atoms. The van der Waals surface area contributed by atoms with Gasteiger partial charge >= 0.3 is 0 Å². The highest BCUT2D eigenvalue weighted by Crippen LogP contribution is 2.26. The maximum Gasteiger partial charge on any atom is 0.254 e. The fourth-order valence-electron chi connectivity index (χ4n) is 2.86. The van der Waals surface area contributed by atoms with Crippen LogP contribution in [0.5, 0.6) is 0 Å². The Balaban J connectivity index is 2.23. The summed E-state index contributed by atoms with van der Waals surface area (Å²) in [4.78, 5) is 14.1. The van der Waals surface area contributed by atoms with E-state index < -0.39 is 11.6 Å². The van der Waals surface area contributed by atoms with Gasteiger partial charge in [-0.15, -0.1) is 0 Å². The van der Waals surface area contributed by atoms with Crippen LogP contribution < -0.4 is 5.32 Å². The van der Waals surface area contributed by atoms with Crippen molar-refractivity contribution in [2.75, 3.05) is 18.4 Å². The van der Waals surface area contributed by atoms with E-state index in [9.17, 15) is 13.6 Å². The first kappa shape index (κ1) is 15.7. The van der Waals surface area contributed by atoms with Gasteiger partial charge in [-0.3, -0.25) is 4.79 Å². The maximum absolute atomic E-state index is 14.0. The molecule has 5 heteroatoms. The third kappa shape index (κ3) is 3.34. The molecule has 1 aliphatic rings. The molecule has 0 spiro atoms. The average Bonchev–Trinajstić information content (AvgIpc) is 2.76. The number of anilines is 1. The summed E-state index contributed by atoms with van der Waals surface area (Å²) in [7, 11) is 0. The summed E-state index contributed by atoms with van der Waals surface area (Å²) in [5, 5.41) is 2.71. The highest BCUT2D eigenvalue weighted by atomic mass is 19.1. The van der Waals surface area contributed by atoms with Gasteiger partial charge in [-0.25, -0.2) is 8.78 Å². The Bertz CT molecular complexity index is 510. The SMILES string of the molecule is CCCNc1c(F)cc(C(=O)N2CC(C)CC2C)cc1F. The van der Waals surface area contributed by atoms with Crippen LogP contribution in [-0.2, 0) is 0 Å². The topological polar surface area (TPSA) is 32.3 Å². The molecule has 0 aromatic heterocycles. The Morgan fingerprint density at radius 2 is 1.95 bits per heavy atom. The number of benzene rings is 1. The van der Waals surface area contributed by atoms with Crippen molar-refractivity contribution in [3.8, 4) is 0 Å². The van der Waals surface area contributed by atoms with Crippen LogP contribution in [0.3, 0.4) is 0 Å². The second-order valence-corrected chi connectivity index (χ2v) is 5.89. The van der Waals surface area contributed by atoms with E-state index in [1.54, 1.807) is 4.90 Å². The van der Waals surface area contributed by atoms with E-state index >= 15 is 0 Å². The van der Waals surface area contributed by atoms with E-state index in [1.165, 1.54) is 0 Å². The van der Waals surface area contributed by atoms with Crippen LogP contribution >= 0.6 is 0 Å². The minimum absolute atomic E-state index is 0.0769. The number of hydrogen-bond acceptors (Lipinski definition) is 2. The Morgan fingerprint density at radius 3 is 2.43 bits per heavy atom. The molecule has 0 radical (unpaired) electrons. The predicted octanol–water partition coefficient (Wildman–Crippen LogP) is 3.66. The fourth-order valence-corrected chi connectivity index (χ4v) is 2.86. The Kier molecular flexibility index (Phi) is 4.80. The molecular weight excluding hydrogens is 274 g/mol. The molecule has 21 heavy (non-hydrogen) atoms. The summed E-state index contributed by atoms with van der Waals surface area (Å²) in [5.74, 6) is -1.31. The van der Waals surface area contributed by atoms with Gasteiger partial charge in [-0.1, -0.05) is 13.8 Å². The molecule has 1 N–H and O–H groups in total. The molecule has 0 saturated carbocycles. The zero-order valence-electron chi connectivity index (χ0n) is 12.7. The fraction of sp³-hybridized carbons (Fsp3) is 0.562. The smallest absolute Gasteiger partial charge is 0.254 e. The lowest BCUT2D eigenvalue weighted by atomic mass is 10.1. The molecule has 1 saturated heterocycles. The standard InChI is InChI=1S/C16H22F2N2O/c1-4-5-19-15-13(17)7-12(8-14(15)18)16(21)20-9-10(2)6-11(20)3/h7-8,10-11,19H,4-6,9H2,1-3H3. The van der Waals surface area contributed by atoms with Gasteiger partial charge in [-0.05, 0) is 37.8 Å². The van der Waals surface area contributed by atoms with E-state index in [0.29, 0.717) is 19.0 Å². The van der Waals surface area contributed by atoms with Crippen molar-refractivity contribution < 1.29 is 13.6 Å². The molecule has 2 rings (SSSR count). The van der Waals surface area contributed by atoms with E-state index in [-0.39, 0.29) is 23.2 Å². The minimum atomic E-state index is -0.716. The van der Waals surface area contributed by atoms with Crippen LogP contribution in [0.15, 0.2) is 12.1 Å². The normalized spacial score (nSPS) is 21.7. The Labute approximate surface area is 124 Å². The van der Waals surface area contributed by atoms with Gasteiger partial charge in [0.1, 0.15) is 17.3 Å². The van der Waals surface area contributed by atoms with Crippen molar-refractivity contribution in [2.45, 2.75) is 39.7 Å². The molecule has 3 nitrogen and oxygen atoms in total. The first-order valence-electron chi connectivity index (χ1n) is 7.47. The van der Waals surface area contributed by atoms with Crippen molar-refractivity contribution in [3.05, 3.63) is 29.3 Å². The largest absolute Gasteiger partial charge is 0.380 e. The van der Waals surface area contributed by atoms with E-state index in [4.69, 9.17) is 0 Å². The highest BCUT2D eigenvalue weighted by molar-refractivity contribution is 5.95. The van der Waals surface area contributed by atoms with Crippen molar-refractivity contribution in [1.29, 1.82) is 0 Å². The van der Waals surface area contributed by atoms with E-state index in [0.717, 1.165) is 25.0 Å². The molecule has 2 atom stereocenters. The van der Waals surface area contributed by atoms with Gasteiger partial charge in [0, 0.05) is 24.7 Å². The number of carbonyl (C=O) groups is 1. The third-order valence-electron chi connectivity index (χ3n) is 3.89. The van der Waals surface area contributed by atoms with Gasteiger partial charge < -0.3 is 10.2 Å². The molecule has 1 aliphatic heterocycles. The Morgan fingerprint density at radius 1 is 1.33 bits per heavy atom. The zero-order chi connectivity index (χ0) is 15.6. The van der Waals surface area contributed by atoms with Gasteiger partial charge in [0.15, 0.2) is 0 Å². The second kappa shape index (κ2) is 6.41. The second-order valence-electron chi connectivity index (χ2n) is 5.89. The van der Waals surface area contributed by atoms with Gasteiger partial charge in [0.2, 0.25) is 0 Å². The molecule has 1 amide bonds. The Hall–Kier alpha value is -1.65. The lowest BCUT2D eigenvalue weighted by Crippen LogP contribution is -2.34.